The fourth-order valence-electron chi connectivity index (χ4n) is 8.96. The summed E-state index contributed by atoms with van der Waals surface area (Å²) in [6, 6.07) is 0. The molecule has 0 aliphatic heterocycles. The van der Waals surface area contributed by atoms with Gasteiger partial charge in [-0.2, -0.15) is 0 Å². The lowest BCUT2D eigenvalue weighted by Crippen LogP contribution is -2.30. The van der Waals surface area contributed by atoms with Gasteiger partial charge in [-0.25, -0.2) is 0 Å². The summed E-state index contributed by atoms with van der Waals surface area (Å²) >= 11 is 0. The normalized spacial score (nSPS) is 13.0. The maximum absolute atomic E-state index is 12.9. The largest absolute Gasteiger partial charge is 0.462 e. The number of rotatable bonds is 59. The summed E-state index contributed by atoms with van der Waals surface area (Å²) < 4.78 is 16.9. The Labute approximate surface area is 494 Å². The molecule has 0 bridgehead atoms. The summed E-state index contributed by atoms with van der Waals surface area (Å²) in [5.74, 6) is -0.906. The molecule has 0 saturated heterocycles. The lowest BCUT2D eigenvalue weighted by atomic mass is 10.0. The summed E-state index contributed by atoms with van der Waals surface area (Å²) in [7, 11) is 0. The molecule has 0 spiro atoms. The van der Waals surface area contributed by atoms with Crippen LogP contribution in [0.2, 0.25) is 0 Å². The monoisotopic (exact) mass is 1110 g/mol. The van der Waals surface area contributed by atoms with Crippen molar-refractivity contribution in [2.75, 3.05) is 13.2 Å². The van der Waals surface area contributed by atoms with Crippen LogP contribution in [0, 0.1) is 0 Å². The fourth-order valence-corrected chi connectivity index (χ4v) is 8.96. The van der Waals surface area contributed by atoms with Crippen LogP contribution < -0.4 is 0 Å². The third-order valence-electron chi connectivity index (χ3n) is 13.9. The molecule has 6 nitrogen and oxygen atoms in total. The quantitative estimate of drug-likeness (QED) is 0.0261. The molecular weight excluding hydrogens is 985 g/mol. The molecular formula is C74H122O6. The Bertz CT molecular complexity index is 1700. The Balaban J connectivity index is 4.34. The number of hydrogen-bond acceptors (Lipinski definition) is 6. The van der Waals surface area contributed by atoms with Crippen molar-refractivity contribution in [3.05, 3.63) is 134 Å². The van der Waals surface area contributed by atoms with E-state index >= 15 is 0 Å². The van der Waals surface area contributed by atoms with E-state index in [1.807, 2.05) is 0 Å². The Hall–Kier alpha value is -4.45. The first kappa shape index (κ1) is 75.5. The highest BCUT2D eigenvalue weighted by Crippen LogP contribution is 2.16. The zero-order valence-corrected chi connectivity index (χ0v) is 52.0. The number of carbonyl (C=O) groups excluding carboxylic acids is 3. The van der Waals surface area contributed by atoms with E-state index in [-0.39, 0.29) is 31.1 Å². The van der Waals surface area contributed by atoms with Crippen molar-refractivity contribution in [1.29, 1.82) is 0 Å². The Morgan fingerprint density at radius 3 is 0.775 bits per heavy atom. The zero-order chi connectivity index (χ0) is 57.8. The molecule has 0 aromatic carbocycles. The second-order valence-electron chi connectivity index (χ2n) is 21.6. The van der Waals surface area contributed by atoms with Crippen molar-refractivity contribution in [3.63, 3.8) is 0 Å². The molecule has 0 aromatic rings. The van der Waals surface area contributed by atoms with Gasteiger partial charge in [0, 0.05) is 19.3 Å². The average Bonchev–Trinajstić information content (AvgIpc) is 3.46. The SMILES string of the molecule is CC/C=C\C/C=C\C/C=C\C/C=C\C/C=C\C/C=C\CCCCCCCCCCC(=O)OCC(COC(=O)CCCCCCC/C=C\CCCCC)OC(=O)CCCCCCCCCCCC/C=C\C/C=C\C/C=C\C/C=C\CC. The molecule has 80 heavy (non-hydrogen) atoms. The van der Waals surface area contributed by atoms with E-state index in [0.29, 0.717) is 19.3 Å². The summed E-state index contributed by atoms with van der Waals surface area (Å²) in [4.78, 5) is 38.4. The van der Waals surface area contributed by atoms with Crippen molar-refractivity contribution >= 4 is 17.9 Å². The van der Waals surface area contributed by atoms with E-state index in [4.69, 9.17) is 14.2 Å². The topological polar surface area (TPSA) is 78.9 Å². The van der Waals surface area contributed by atoms with E-state index in [9.17, 15) is 14.4 Å². The molecule has 0 aliphatic carbocycles. The minimum atomic E-state index is -0.793. The highest BCUT2D eigenvalue weighted by molar-refractivity contribution is 5.71. The van der Waals surface area contributed by atoms with Gasteiger partial charge in [0.15, 0.2) is 6.10 Å². The van der Waals surface area contributed by atoms with Crippen LogP contribution in [0.25, 0.3) is 0 Å². The third-order valence-corrected chi connectivity index (χ3v) is 13.9. The molecule has 0 aromatic heterocycles. The second-order valence-corrected chi connectivity index (χ2v) is 21.6. The molecule has 0 rings (SSSR count). The van der Waals surface area contributed by atoms with Gasteiger partial charge in [-0.15, -0.1) is 0 Å². The molecule has 0 heterocycles. The number of carbonyl (C=O) groups is 3. The first-order valence-electron chi connectivity index (χ1n) is 33.2. The summed E-state index contributed by atoms with van der Waals surface area (Å²) in [5.41, 5.74) is 0. The van der Waals surface area contributed by atoms with E-state index < -0.39 is 6.10 Å². The van der Waals surface area contributed by atoms with Gasteiger partial charge in [0.1, 0.15) is 13.2 Å². The van der Waals surface area contributed by atoms with Crippen molar-refractivity contribution in [2.45, 2.75) is 303 Å². The maximum atomic E-state index is 12.9. The summed E-state index contributed by atoms with van der Waals surface area (Å²) in [6.07, 6.45) is 94.6. The number of allylic oxidation sites excluding steroid dienone is 22. The highest BCUT2D eigenvalue weighted by Gasteiger charge is 2.19. The van der Waals surface area contributed by atoms with E-state index in [0.717, 1.165) is 135 Å². The Morgan fingerprint density at radius 2 is 0.487 bits per heavy atom. The molecule has 1 unspecified atom stereocenters. The lowest BCUT2D eigenvalue weighted by Gasteiger charge is -2.18. The maximum Gasteiger partial charge on any atom is 0.306 e. The van der Waals surface area contributed by atoms with Gasteiger partial charge >= 0.3 is 17.9 Å². The summed E-state index contributed by atoms with van der Waals surface area (Å²) in [5, 5.41) is 0. The molecule has 0 saturated carbocycles. The standard InChI is InChI=1S/C74H122O6/c1-4-7-10-13-16-19-22-25-27-29-31-33-35-36-37-38-40-41-43-45-47-49-52-55-58-61-64-67-73(76)79-70-71(69-78-72(75)66-63-60-57-54-51-24-21-18-15-12-9-6-3)80-74(77)68-65-62-59-56-53-50-48-46-44-42-39-34-32-30-28-26-23-20-17-14-11-8-5-2/h7-8,10-11,16-21,25-28,31-34,36-37,40-41,71H,4-6,9,12-15,22-24,29-30,35,38-39,42-70H2,1-3H3/b10-7-,11-8-,19-16-,20-17-,21-18-,27-25-,28-26-,33-31-,34-32-,37-36-,41-40-. The second kappa shape index (κ2) is 67.1. The van der Waals surface area contributed by atoms with Crippen LogP contribution in [0.3, 0.4) is 0 Å². The molecule has 0 aliphatic rings. The molecule has 0 radical (unpaired) electrons. The summed E-state index contributed by atoms with van der Waals surface area (Å²) in [6.45, 7) is 6.39. The van der Waals surface area contributed by atoms with Crippen molar-refractivity contribution in [1.82, 2.24) is 0 Å². The van der Waals surface area contributed by atoms with Crippen molar-refractivity contribution < 1.29 is 28.6 Å². The van der Waals surface area contributed by atoms with Crippen LogP contribution in [-0.2, 0) is 28.6 Å². The van der Waals surface area contributed by atoms with Crippen LogP contribution in [0.4, 0.5) is 0 Å². The predicted octanol–water partition coefficient (Wildman–Crippen LogP) is 22.9. The minimum absolute atomic E-state index is 0.0890. The third kappa shape index (κ3) is 64.4. The van der Waals surface area contributed by atoms with Crippen LogP contribution in [0.1, 0.15) is 297 Å². The first-order chi connectivity index (χ1) is 39.5. The van der Waals surface area contributed by atoms with Gasteiger partial charge in [0.2, 0.25) is 0 Å². The van der Waals surface area contributed by atoms with Crippen molar-refractivity contribution in [3.8, 4) is 0 Å². The lowest BCUT2D eigenvalue weighted by molar-refractivity contribution is -0.167. The van der Waals surface area contributed by atoms with Gasteiger partial charge in [-0.1, -0.05) is 276 Å². The molecule has 6 heteroatoms. The van der Waals surface area contributed by atoms with E-state index in [2.05, 4.69) is 154 Å². The van der Waals surface area contributed by atoms with Gasteiger partial charge in [0.25, 0.3) is 0 Å². The van der Waals surface area contributed by atoms with E-state index in [1.165, 1.54) is 122 Å². The van der Waals surface area contributed by atoms with Crippen molar-refractivity contribution in [2.24, 2.45) is 0 Å². The molecule has 0 fully saturated rings. The van der Waals surface area contributed by atoms with Gasteiger partial charge in [0.05, 0.1) is 0 Å². The first-order valence-corrected chi connectivity index (χ1v) is 33.2. The zero-order valence-electron chi connectivity index (χ0n) is 52.0. The number of ether oxygens (including phenoxy) is 3. The number of esters is 3. The predicted molar refractivity (Wildman–Crippen MR) is 348 cm³/mol. The molecule has 0 N–H and O–H groups in total. The number of unbranched alkanes of at least 4 members (excludes halogenated alkanes) is 26. The Morgan fingerprint density at radius 1 is 0.263 bits per heavy atom. The number of hydrogen-bond donors (Lipinski definition) is 0. The average molecular weight is 1110 g/mol. The Kier molecular flexibility index (Phi) is 63.3. The molecule has 0 amide bonds. The minimum Gasteiger partial charge on any atom is -0.462 e. The van der Waals surface area contributed by atoms with Crippen LogP contribution >= 0.6 is 0 Å². The van der Waals surface area contributed by atoms with Crippen LogP contribution in [0.15, 0.2) is 134 Å². The highest BCUT2D eigenvalue weighted by atomic mass is 16.6. The molecule has 1 atom stereocenters. The fraction of sp³-hybridized carbons (Fsp3) is 0.662. The smallest absolute Gasteiger partial charge is 0.306 e. The van der Waals surface area contributed by atoms with Gasteiger partial charge in [-0.05, 0) is 135 Å². The van der Waals surface area contributed by atoms with Gasteiger partial charge < -0.3 is 14.2 Å². The van der Waals surface area contributed by atoms with Gasteiger partial charge in [-0.3, -0.25) is 14.4 Å². The molecule has 454 valence electrons. The van der Waals surface area contributed by atoms with Crippen LogP contribution in [-0.4, -0.2) is 37.2 Å². The van der Waals surface area contributed by atoms with Crippen LogP contribution in [0.5, 0.6) is 0 Å². The van der Waals surface area contributed by atoms with E-state index in [1.54, 1.807) is 0 Å².